The summed E-state index contributed by atoms with van der Waals surface area (Å²) in [5, 5.41) is 0. The summed E-state index contributed by atoms with van der Waals surface area (Å²) in [6.45, 7) is 6.03. The van der Waals surface area contributed by atoms with Crippen molar-refractivity contribution in [3.8, 4) is 28.4 Å². The predicted molar refractivity (Wildman–Crippen MR) is 135 cm³/mol. The first kappa shape index (κ1) is 24.4. The smallest absolute Gasteiger partial charge is 0.222 e. The maximum absolute atomic E-state index is 12.5. The van der Waals surface area contributed by atoms with Gasteiger partial charge < -0.3 is 24.0 Å². The summed E-state index contributed by atoms with van der Waals surface area (Å²) < 4.78 is 17.3. The third-order valence-corrected chi connectivity index (χ3v) is 7.13. The summed E-state index contributed by atoms with van der Waals surface area (Å²) in [5.41, 5.74) is 4.50. The van der Waals surface area contributed by atoms with Crippen LogP contribution in [0.1, 0.15) is 43.7 Å². The van der Waals surface area contributed by atoms with Crippen molar-refractivity contribution in [1.82, 2.24) is 9.80 Å². The van der Waals surface area contributed by atoms with Crippen molar-refractivity contribution in [1.29, 1.82) is 0 Å². The lowest BCUT2D eigenvalue weighted by atomic mass is 9.89. The standard InChI is InChI=1S/C28H38N2O4/c1-5-27(31)30-13-14-34-28-22(9-8-20-7-6-12-29(2)18-20)15-23(16-24(28)19-30)21-10-11-25(32-3)26(17-21)33-4/h10-11,15-17,20H,5-9,12-14,18-19H2,1-4H3/t20-/m1/s1. The van der Waals surface area contributed by atoms with Crippen LogP contribution in [0.15, 0.2) is 30.3 Å². The van der Waals surface area contributed by atoms with E-state index in [1.54, 1.807) is 14.2 Å². The van der Waals surface area contributed by atoms with Gasteiger partial charge in [0.1, 0.15) is 12.4 Å². The van der Waals surface area contributed by atoms with Gasteiger partial charge in [0, 0.05) is 25.1 Å². The number of piperidine rings is 1. The van der Waals surface area contributed by atoms with Crippen LogP contribution >= 0.6 is 0 Å². The van der Waals surface area contributed by atoms with Gasteiger partial charge in [-0.25, -0.2) is 0 Å². The maximum atomic E-state index is 12.5. The quantitative estimate of drug-likeness (QED) is 0.588. The number of aryl methyl sites for hydroxylation is 1. The fourth-order valence-corrected chi connectivity index (χ4v) is 5.27. The molecule has 0 unspecified atom stereocenters. The van der Waals surface area contributed by atoms with Gasteiger partial charge in [-0.15, -0.1) is 0 Å². The summed E-state index contributed by atoms with van der Waals surface area (Å²) in [4.78, 5) is 16.9. The minimum atomic E-state index is 0.166. The number of amides is 1. The van der Waals surface area contributed by atoms with E-state index in [1.807, 2.05) is 24.0 Å². The zero-order valence-corrected chi connectivity index (χ0v) is 21.1. The lowest BCUT2D eigenvalue weighted by Gasteiger charge is -2.30. The molecule has 0 spiro atoms. The molecule has 0 aromatic heterocycles. The minimum Gasteiger partial charge on any atom is -0.493 e. The van der Waals surface area contributed by atoms with Gasteiger partial charge in [0.2, 0.25) is 5.91 Å². The Bertz CT molecular complexity index is 1010. The molecule has 1 atom stereocenters. The lowest BCUT2D eigenvalue weighted by Crippen LogP contribution is -2.32. The number of hydrogen-bond acceptors (Lipinski definition) is 5. The number of carbonyl (C=O) groups is 1. The van der Waals surface area contributed by atoms with Crippen molar-refractivity contribution in [3.63, 3.8) is 0 Å². The second-order valence-electron chi connectivity index (χ2n) is 9.52. The number of fused-ring (bicyclic) bond motifs is 1. The average molecular weight is 467 g/mol. The van der Waals surface area contributed by atoms with Crippen molar-refractivity contribution in [2.45, 2.75) is 45.6 Å². The fourth-order valence-electron chi connectivity index (χ4n) is 5.27. The van der Waals surface area contributed by atoms with Crippen molar-refractivity contribution in [2.24, 2.45) is 5.92 Å². The largest absolute Gasteiger partial charge is 0.493 e. The SMILES string of the molecule is CCC(=O)N1CCOc2c(CC[C@H]3CCCN(C)C3)cc(-c3ccc(OC)c(OC)c3)cc2C1. The first-order valence-corrected chi connectivity index (χ1v) is 12.5. The molecule has 2 aromatic carbocycles. The first-order chi connectivity index (χ1) is 16.5. The Hall–Kier alpha value is -2.73. The van der Waals surface area contributed by atoms with Gasteiger partial charge in [0.15, 0.2) is 11.5 Å². The molecule has 2 aliphatic heterocycles. The summed E-state index contributed by atoms with van der Waals surface area (Å²) >= 11 is 0. The van der Waals surface area contributed by atoms with Gasteiger partial charge >= 0.3 is 0 Å². The van der Waals surface area contributed by atoms with E-state index < -0.39 is 0 Å². The molecule has 4 rings (SSSR count). The topological polar surface area (TPSA) is 51.2 Å². The molecule has 2 aliphatic rings. The zero-order valence-electron chi connectivity index (χ0n) is 21.1. The van der Waals surface area contributed by atoms with Gasteiger partial charge in [-0.2, -0.15) is 0 Å². The predicted octanol–water partition coefficient (Wildman–Crippen LogP) is 4.78. The van der Waals surface area contributed by atoms with Crippen molar-refractivity contribution < 1.29 is 19.0 Å². The van der Waals surface area contributed by atoms with Crippen LogP contribution in [0.25, 0.3) is 11.1 Å². The molecule has 2 aromatic rings. The highest BCUT2D eigenvalue weighted by atomic mass is 16.5. The second-order valence-corrected chi connectivity index (χ2v) is 9.52. The van der Waals surface area contributed by atoms with Crippen LogP contribution in [0.5, 0.6) is 17.2 Å². The molecule has 2 heterocycles. The fraction of sp³-hybridized carbons (Fsp3) is 0.536. The molecular weight excluding hydrogens is 428 g/mol. The highest BCUT2D eigenvalue weighted by molar-refractivity contribution is 5.76. The Kier molecular flexibility index (Phi) is 7.99. The normalized spacial score (nSPS) is 18.6. The van der Waals surface area contributed by atoms with E-state index in [-0.39, 0.29) is 5.91 Å². The Balaban J connectivity index is 1.70. The molecule has 34 heavy (non-hydrogen) atoms. The Labute approximate surface area is 203 Å². The molecule has 0 bridgehead atoms. The van der Waals surface area contributed by atoms with Crippen LogP contribution in [0.3, 0.4) is 0 Å². The highest BCUT2D eigenvalue weighted by Crippen LogP contribution is 2.38. The second kappa shape index (κ2) is 11.1. The van der Waals surface area contributed by atoms with E-state index in [0.717, 1.165) is 41.8 Å². The van der Waals surface area contributed by atoms with Gasteiger partial charge in [-0.1, -0.05) is 13.0 Å². The van der Waals surface area contributed by atoms with Gasteiger partial charge in [0.25, 0.3) is 0 Å². The van der Waals surface area contributed by atoms with Crippen LogP contribution in [0, 0.1) is 5.92 Å². The first-order valence-electron chi connectivity index (χ1n) is 12.5. The minimum absolute atomic E-state index is 0.166. The molecule has 0 radical (unpaired) electrons. The van der Waals surface area contributed by atoms with Gasteiger partial charge in [-0.05, 0) is 86.1 Å². The number of benzene rings is 2. The third kappa shape index (κ3) is 5.49. The molecule has 0 N–H and O–H groups in total. The number of ether oxygens (including phenoxy) is 3. The summed E-state index contributed by atoms with van der Waals surface area (Å²) in [7, 11) is 5.53. The molecular formula is C28H38N2O4. The third-order valence-electron chi connectivity index (χ3n) is 7.13. The molecule has 1 amide bonds. The summed E-state index contributed by atoms with van der Waals surface area (Å²) in [5.74, 6) is 3.27. The molecule has 6 heteroatoms. The van der Waals surface area contributed by atoms with Crippen LogP contribution in [0.2, 0.25) is 0 Å². The molecule has 6 nitrogen and oxygen atoms in total. The maximum Gasteiger partial charge on any atom is 0.222 e. The van der Waals surface area contributed by atoms with E-state index >= 15 is 0 Å². The van der Waals surface area contributed by atoms with Crippen LogP contribution in [-0.2, 0) is 17.8 Å². The lowest BCUT2D eigenvalue weighted by molar-refractivity contribution is -0.131. The molecule has 1 saturated heterocycles. The van der Waals surface area contributed by atoms with Crippen molar-refractivity contribution >= 4 is 5.91 Å². The molecule has 0 saturated carbocycles. The van der Waals surface area contributed by atoms with Crippen molar-refractivity contribution in [3.05, 3.63) is 41.5 Å². The van der Waals surface area contributed by atoms with Gasteiger partial charge in [-0.3, -0.25) is 4.79 Å². The zero-order chi connectivity index (χ0) is 24.1. The summed E-state index contributed by atoms with van der Waals surface area (Å²) in [6.07, 6.45) is 5.20. The van der Waals surface area contributed by atoms with Crippen molar-refractivity contribution in [2.75, 3.05) is 47.5 Å². The number of rotatable bonds is 7. The van der Waals surface area contributed by atoms with Gasteiger partial charge in [0.05, 0.1) is 20.8 Å². The van der Waals surface area contributed by atoms with Crippen LogP contribution in [0.4, 0.5) is 0 Å². The molecule has 184 valence electrons. The van der Waals surface area contributed by atoms with E-state index in [2.05, 4.69) is 30.1 Å². The van der Waals surface area contributed by atoms with Crippen LogP contribution in [-0.4, -0.2) is 63.2 Å². The number of carbonyl (C=O) groups excluding carboxylic acids is 1. The average Bonchev–Trinajstić information content (AvgIpc) is 3.09. The van der Waals surface area contributed by atoms with E-state index in [4.69, 9.17) is 14.2 Å². The number of methoxy groups -OCH3 is 2. The van der Waals surface area contributed by atoms with Crippen LogP contribution < -0.4 is 14.2 Å². The van der Waals surface area contributed by atoms with E-state index in [9.17, 15) is 4.79 Å². The monoisotopic (exact) mass is 466 g/mol. The molecule has 0 aliphatic carbocycles. The Morgan fingerprint density at radius 2 is 1.91 bits per heavy atom. The number of likely N-dealkylation sites (tertiary alicyclic amines) is 1. The number of nitrogens with zero attached hydrogens (tertiary/aromatic N) is 2. The Morgan fingerprint density at radius 1 is 1.09 bits per heavy atom. The highest BCUT2D eigenvalue weighted by Gasteiger charge is 2.24. The van der Waals surface area contributed by atoms with E-state index in [1.165, 1.54) is 24.9 Å². The Morgan fingerprint density at radius 3 is 2.65 bits per heavy atom. The number of hydrogen-bond donors (Lipinski definition) is 0. The van der Waals surface area contributed by atoms with E-state index in [0.29, 0.717) is 43.5 Å². The summed E-state index contributed by atoms with van der Waals surface area (Å²) in [6, 6.07) is 10.5. The molecule has 1 fully saturated rings.